The molecule has 0 radical (unpaired) electrons. The fourth-order valence-corrected chi connectivity index (χ4v) is 2.35. The molecule has 2 aromatic rings. The Hall–Kier alpha value is -3.35. The SMILES string of the molecule is CCc1ccc(O[C@H](C)C(=O)NNC(=O)c2ccc(NC(=O)C(C)C)cc2)cc1. The van der Waals surface area contributed by atoms with Crippen LogP contribution in [0.15, 0.2) is 48.5 Å². The number of benzene rings is 2. The van der Waals surface area contributed by atoms with Gasteiger partial charge in [0.1, 0.15) is 5.75 Å². The van der Waals surface area contributed by atoms with Crippen molar-refractivity contribution in [3.05, 3.63) is 59.7 Å². The number of rotatable bonds is 7. The number of anilines is 1. The van der Waals surface area contributed by atoms with Gasteiger partial charge in [-0.3, -0.25) is 25.2 Å². The molecule has 0 bridgehead atoms. The number of carbonyl (C=O) groups excluding carboxylic acids is 3. The second-order valence-electron chi connectivity index (χ2n) is 6.92. The topological polar surface area (TPSA) is 96.5 Å². The van der Waals surface area contributed by atoms with Crippen LogP contribution in [0.5, 0.6) is 5.75 Å². The smallest absolute Gasteiger partial charge is 0.279 e. The van der Waals surface area contributed by atoms with Crippen molar-refractivity contribution in [1.82, 2.24) is 10.9 Å². The standard InChI is InChI=1S/C22H27N3O4/c1-5-16-6-12-19(13-7-16)29-15(4)21(27)24-25-22(28)17-8-10-18(11-9-17)23-20(26)14(2)3/h6-15H,5H2,1-4H3,(H,23,26)(H,24,27)(H,25,28)/t15-/m1/s1. The van der Waals surface area contributed by atoms with Gasteiger partial charge in [-0.25, -0.2) is 0 Å². The molecular formula is C22H27N3O4. The minimum absolute atomic E-state index is 0.104. The van der Waals surface area contributed by atoms with Crippen LogP contribution in [0.1, 0.15) is 43.6 Å². The summed E-state index contributed by atoms with van der Waals surface area (Å²) in [6.45, 7) is 7.25. The summed E-state index contributed by atoms with van der Waals surface area (Å²) in [5.41, 5.74) is 6.83. The van der Waals surface area contributed by atoms with E-state index in [1.165, 1.54) is 5.56 Å². The zero-order valence-electron chi connectivity index (χ0n) is 17.1. The molecule has 0 aliphatic heterocycles. The first-order valence-corrected chi connectivity index (χ1v) is 9.56. The third-order valence-corrected chi connectivity index (χ3v) is 4.25. The van der Waals surface area contributed by atoms with E-state index in [4.69, 9.17) is 4.74 Å². The van der Waals surface area contributed by atoms with Gasteiger partial charge in [0.25, 0.3) is 11.8 Å². The highest BCUT2D eigenvalue weighted by atomic mass is 16.5. The number of carbonyl (C=O) groups is 3. The summed E-state index contributed by atoms with van der Waals surface area (Å²) in [6.07, 6.45) is 0.143. The molecule has 3 amide bonds. The van der Waals surface area contributed by atoms with E-state index in [9.17, 15) is 14.4 Å². The molecule has 0 unspecified atom stereocenters. The van der Waals surface area contributed by atoms with E-state index in [2.05, 4.69) is 23.1 Å². The third-order valence-electron chi connectivity index (χ3n) is 4.25. The van der Waals surface area contributed by atoms with Gasteiger partial charge < -0.3 is 10.1 Å². The molecule has 0 aromatic heterocycles. The van der Waals surface area contributed by atoms with Crippen molar-refractivity contribution in [2.45, 2.75) is 40.2 Å². The summed E-state index contributed by atoms with van der Waals surface area (Å²) < 4.78 is 5.58. The molecule has 7 heteroatoms. The van der Waals surface area contributed by atoms with Gasteiger partial charge in [-0.2, -0.15) is 0 Å². The Balaban J connectivity index is 1.83. The maximum Gasteiger partial charge on any atom is 0.279 e. The first-order valence-electron chi connectivity index (χ1n) is 9.56. The molecule has 2 rings (SSSR count). The zero-order chi connectivity index (χ0) is 21.4. The first kappa shape index (κ1) is 21.9. The Bertz CT molecular complexity index is 845. The van der Waals surface area contributed by atoms with Crippen LogP contribution in [-0.4, -0.2) is 23.8 Å². The molecule has 7 nitrogen and oxygen atoms in total. The predicted octanol–water partition coefficient (Wildman–Crippen LogP) is 3.07. The van der Waals surface area contributed by atoms with E-state index in [1.54, 1.807) is 57.2 Å². The van der Waals surface area contributed by atoms with E-state index in [0.717, 1.165) is 6.42 Å². The fraction of sp³-hybridized carbons (Fsp3) is 0.318. The second-order valence-corrected chi connectivity index (χ2v) is 6.92. The number of nitrogens with one attached hydrogen (secondary N) is 3. The average molecular weight is 397 g/mol. The maximum atomic E-state index is 12.2. The third kappa shape index (κ3) is 6.64. The molecular weight excluding hydrogens is 370 g/mol. The summed E-state index contributed by atoms with van der Waals surface area (Å²) in [4.78, 5) is 36.0. The van der Waals surface area contributed by atoms with Crippen molar-refractivity contribution in [2.24, 2.45) is 5.92 Å². The summed E-state index contributed by atoms with van der Waals surface area (Å²) >= 11 is 0. The van der Waals surface area contributed by atoms with Gasteiger partial charge in [0, 0.05) is 17.2 Å². The number of aryl methyl sites for hydroxylation is 1. The lowest BCUT2D eigenvalue weighted by molar-refractivity contribution is -0.128. The van der Waals surface area contributed by atoms with Crippen LogP contribution in [0.2, 0.25) is 0 Å². The highest BCUT2D eigenvalue weighted by molar-refractivity contribution is 5.97. The number of hydrogen-bond acceptors (Lipinski definition) is 4. The Morgan fingerprint density at radius 1 is 0.862 bits per heavy atom. The van der Waals surface area contributed by atoms with E-state index in [1.807, 2.05) is 12.1 Å². The van der Waals surface area contributed by atoms with Crippen LogP contribution >= 0.6 is 0 Å². The first-order chi connectivity index (χ1) is 13.8. The molecule has 0 aliphatic rings. The summed E-state index contributed by atoms with van der Waals surface area (Å²) in [5, 5.41) is 2.75. The van der Waals surface area contributed by atoms with Gasteiger partial charge >= 0.3 is 0 Å². The largest absolute Gasteiger partial charge is 0.481 e. The number of hydrogen-bond donors (Lipinski definition) is 3. The zero-order valence-corrected chi connectivity index (χ0v) is 17.1. The molecule has 2 aromatic carbocycles. The Kier molecular flexibility index (Phi) is 7.77. The Morgan fingerprint density at radius 3 is 2.03 bits per heavy atom. The molecule has 0 aliphatic carbocycles. The lowest BCUT2D eigenvalue weighted by atomic mass is 10.1. The van der Waals surface area contributed by atoms with E-state index in [-0.39, 0.29) is 11.8 Å². The van der Waals surface area contributed by atoms with Crippen molar-refractivity contribution in [3.63, 3.8) is 0 Å². The number of ether oxygens (including phenoxy) is 1. The van der Waals surface area contributed by atoms with Crippen molar-refractivity contribution >= 4 is 23.4 Å². The molecule has 154 valence electrons. The molecule has 0 fully saturated rings. The van der Waals surface area contributed by atoms with Gasteiger partial charge in [0.05, 0.1) is 0 Å². The quantitative estimate of drug-likeness (QED) is 0.626. The lowest BCUT2D eigenvalue weighted by Crippen LogP contribution is -2.47. The van der Waals surface area contributed by atoms with Crippen molar-refractivity contribution in [1.29, 1.82) is 0 Å². The van der Waals surface area contributed by atoms with Crippen LogP contribution in [-0.2, 0) is 16.0 Å². The van der Waals surface area contributed by atoms with Crippen LogP contribution in [0.3, 0.4) is 0 Å². The van der Waals surface area contributed by atoms with Crippen LogP contribution in [0.4, 0.5) is 5.69 Å². The second kappa shape index (κ2) is 10.3. The van der Waals surface area contributed by atoms with Gasteiger partial charge in [0.15, 0.2) is 6.10 Å². The minimum Gasteiger partial charge on any atom is -0.481 e. The van der Waals surface area contributed by atoms with Crippen LogP contribution < -0.4 is 20.9 Å². The fourth-order valence-electron chi connectivity index (χ4n) is 2.35. The monoisotopic (exact) mass is 397 g/mol. The maximum absolute atomic E-state index is 12.2. The molecule has 29 heavy (non-hydrogen) atoms. The van der Waals surface area contributed by atoms with Crippen LogP contribution in [0.25, 0.3) is 0 Å². The molecule has 0 saturated heterocycles. The van der Waals surface area contributed by atoms with E-state index < -0.39 is 17.9 Å². The van der Waals surface area contributed by atoms with Gasteiger partial charge in [0.2, 0.25) is 5.91 Å². The van der Waals surface area contributed by atoms with Gasteiger partial charge in [-0.15, -0.1) is 0 Å². The molecule has 1 atom stereocenters. The lowest BCUT2D eigenvalue weighted by Gasteiger charge is -2.15. The van der Waals surface area contributed by atoms with E-state index >= 15 is 0 Å². The van der Waals surface area contributed by atoms with Crippen molar-refractivity contribution in [3.8, 4) is 5.75 Å². The number of amides is 3. The molecule has 0 heterocycles. The highest BCUT2D eigenvalue weighted by Crippen LogP contribution is 2.14. The van der Waals surface area contributed by atoms with Crippen molar-refractivity contribution in [2.75, 3.05) is 5.32 Å². The Morgan fingerprint density at radius 2 is 1.48 bits per heavy atom. The summed E-state index contributed by atoms with van der Waals surface area (Å²) in [7, 11) is 0. The highest BCUT2D eigenvalue weighted by Gasteiger charge is 2.16. The predicted molar refractivity (Wildman–Crippen MR) is 111 cm³/mol. The summed E-state index contributed by atoms with van der Waals surface area (Å²) in [5.74, 6) is -0.608. The average Bonchev–Trinajstić information content (AvgIpc) is 2.72. The summed E-state index contributed by atoms with van der Waals surface area (Å²) in [6, 6.07) is 13.9. The minimum atomic E-state index is -0.781. The van der Waals surface area contributed by atoms with E-state index in [0.29, 0.717) is 17.0 Å². The van der Waals surface area contributed by atoms with Crippen molar-refractivity contribution < 1.29 is 19.1 Å². The number of hydrazine groups is 1. The normalized spacial score (nSPS) is 11.5. The Labute approximate surface area is 170 Å². The molecule has 0 spiro atoms. The van der Waals surface area contributed by atoms with Crippen LogP contribution in [0, 0.1) is 5.92 Å². The molecule has 3 N–H and O–H groups in total. The molecule has 0 saturated carbocycles. The van der Waals surface area contributed by atoms with Gasteiger partial charge in [-0.05, 0) is 55.3 Å². The van der Waals surface area contributed by atoms with Gasteiger partial charge in [-0.1, -0.05) is 32.9 Å².